The van der Waals surface area contributed by atoms with Gasteiger partial charge in [0.15, 0.2) is 6.10 Å². The van der Waals surface area contributed by atoms with Gasteiger partial charge in [-0.25, -0.2) is 4.57 Å². The van der Waals surface area contributed by atoms with E-state index in [0.717, 1.165) is 116 Å². The number of rotatable bonds is 61. The number of hydrogen-bond acceptors (Lipinski definition) is 10. The molecular weight excluding hydrogens is 1020 g/mol. The van der Waals surface area contributed by atoms with Crippen molar-refractivity contribution in [2.75, 3.05) is 26.4 Å². The molecule has 11 nitrogen and oxygen atoms in total. The summed E-state index contributed by atoms with van der Waals surface area (Å²) in [5.74, 6) is -1.48. The van der Waals surface area contributed by atoms with E-state index in [1.165, 1.54) is 128 Å². The highest BCUT2D eigenvalue weighted by Crippen LogP contribution is 2.43. The van der Waals surface area contributed by atoms with Crippen LogP contribution in [0.15, 0.2) is 72.9 Å². The van der Waals surface area contributed by atoms with Crippen LogP contribution >= 0.6 is 7.82 Å². The Labute approximate surface area is 490 Å². The second kappa shape index (κ2) is 62.0. The molecule has 3 unspecified atom stereocenters. The third-order valence-electron chi connectivity index (χ3n) is 14.1. The lowest BCUT2D eigenvalue weighted by Crippen LogP contribution is -2.30. The number of carbonyl (C=O) groups is 3. The van der Waals surface area contributed by atoms with Gasteiger partial charge in [-0.05, 0) is 116 Å². The maximum atomic E-state index is 13.0. The van der Waals surface area contributed by atoms with Crippen molar-refractivity contribution < 1.29 is 52.2 Å². The van der Waals surface area contributed by atoms with Crippen molar-refractivity contribution in [1.82, 2.24) is 0 Å². The molecule has 0 bridgehead atoms. The number of ether oxygens (including phenoxy) is 3. The number of aliphatic hydroxyl groups excluding tert-OH is 1. The van der Waals surface area contributed by atoms with Crippen molar-refractivity contribution in [3.05, 3.63) is 72.9 Å². The summed E-state index contributed by atoms with van der Waals surface area (Å²) in [6.45, 7) is 4.60. The standard InChI is InChI=1S/C68H121O11P/c1-4-7-10-13-16-19-22-25-28-30-32-34-37-39-42-45-48-51-54-57-66(70)75-61-65(79-68(72)59-56-53-50-47-44-41-38-35-33-31-29-26-23-20-17-14-11-8-5-2)63-77-80(73,74)76-62-64(60-69)78-67(71)58-55-52-49-46-43-40-36-27-24-21-18-15-12-9-6-3/h16,18-19,21,25-29,32,34,36,64-65,69H,4-15,17,20,22-24,30-31,33,35,37-63H2,1-3H3,(H,73,74)/b19-16-,21-18-,28-25-,29-26-,34-32-,36-27-. The van der Waals surface area contributed by atoms with Gasteiger partial charge in [0.1, 0.15) is 12.7 Å². The molecule has 0 aliphatic carbocycles. The Morgan fingerprint density at radius 1 is 0.350 bits per heavy atom. The molecule has 0 saturated heterocycles. The molecule has 0 amide bonds. The molecule has 0 spiro atoms. The fraction of sp³-hybridized carbons (Fsp3) is 0.779. The number of unbranched alkanes of at least 4 members (excludes halogenated alkanes) is 32. The van der Waals surface area contributed by atoms with Crippen LogP contribution in [-0.2, 0) is 42.2 Å². The van der Waals surface area contributed by atoms with E-state index in [4.69, 9.17) is 23.3 Å². The van der Waals surface area contributed by atoms with Gasteiger partial charge in [-0.1, -0.05) is 241 Å². The topological polar surface area (TPSA) is 155 Å². The molecule has 80 heavy (non-hydrogen) atoms. The Balaban J connectivity index is 4.73. The fourth-order valence-electron chi connectivity index (χ4n) is 9.04. The zero-order valence-electron chi connectivity index (χ0n) is 51.5. The summed E-state index contributed by atoms with van der Waals surface area (Å²) < 4.78 is 39.7. The van der Waals surface area contributed by atoms with E-state index >= 15 is 0 Å². The van der Waals surface area contributed by atoms with Crippen LogP contribution in [0.1, 0.15) is 303 Å². The average molecular weight is 1150 g/mol. The zero-order valence-corrected chi connectivity index (χ0v) is 52.4. The summed E-state index contributed by atoms with van der Waals surface area (Å²) >= 11 is 0. The predicted molar refractivity (Wildman–Crippen MR) is 335 cm³/mol. The first-order valence-electron chi connectivity index (χ1n) is 32.8. The third kappa shape index (κ3) is 59.5. The first-order valence-corrected chi connectivity index (χ1v) is 34.3. The maximum absolute atomic E-state index is 13.0. The molecular formula is C68H121O11P. The molecule has 0 aromatic heterocycles. The van der Waals surface area contributed by atoms with Crippen LogP contribution in [0.4, 0.5) is 0 Å². The average Bonchev–Trinajstić information content (AvgIpc) is 3.45. The lowest BCUT2D eigenvalue weighted by atomic mass is 10.1. The Morgan fingerprint density at radius 3 is 0.975 bits per heavy atom. The van der Waals surface area contributed by atoms with Gasteiger partial charge < -0.3 is 24.2 Å². The quantitative estimate of drug-likeness (QED) is 0.0197. The number of phosphoric acid groups is 1. The van der Waals surface area contributed by atoms with Crippen molar-refractivity contribution in [2.24, 2.45) is 0 Å². The molecule has 0 aliphatic rings. The van der Waals surface area contributed by atoms with Crippen LogP contribution < -0.4 is 0 Å². The molecule has 0 aromatic carbocycles. The minimum Gasteiger partial charge on any atom is -0.462 e. The minimum absolute atomic E-state index is 0.159. The molecule has 3 atom stereocenters. The zero-order chi connectivity index (χ0) is 58.3. The summed E-state index contributed by atoms with van der Waals surface area (Å²) in [4.78, 5) is 48.8. The van der Waals surface area contributed by atoms with Crippen LogP contribution in [-0.4, -0.2) is 66.5 Å². The number of allylic oxidation sites excluding steroid dienone is 12. The molecule has 0 fully saturated rings. The van der Waals surface area contributed by atoms with E-state index in [2.05, 4.69) is 93.7 Å². The first-order chi connectivity index (χ1) is 39.2. The summed E-state index contributed by atoms with van der Waals surface area (Å²) in [6.07, 6.45) is 71.3. The van der Waals surface area contributed by atoms with Crippen LogP contribution in [0, 0.1) is 0 Å². The van der Waals surface area contributed by atoms with Crippen molar-refractivity contribution in [2.45, 2.75) is 315 Å². The molecule has 464 valence electrons. The highest BCUT2D eigenvalue weighted by atomic mass is 31.2. The number of phosphoric ester groups is 1. The normalized spacial score (nSPS) is 13.7. The Kier molecular flexibility index (Phi) is 59.6. The highest BCUT2D eigenvalue weighted by Gasteiger charge is 2.28. The van der Waals surface area contributed by atoms with Gasteiger partial charge in [0.25, 0.3) is 0 Å². The van der Waals surface area contributed by atoms with E-state index in [1.54, 1.807) is 0 Å². The van der Waals surface area contributed by atoms with Gasteiger partial charge in [-0.3, -0.25) is 23.4 Å². The first kappa shape index (κ1) is 76.9. The molecule has 0 aliphatic heterocycles. The van der Waals surface area contributed by atoms with Gasteiger partial charge in [0.2, 0.25) is 0 Å². The number of carbonyl (C=O) groups excluding carboxylic acids is 3. The number of hydrogen-bond donors (Lipinski definition) is 2. The van der Waals surface area contributed by atoms with Crippen LogP contribution in [0.5, 0.6) is 0 Å². The summed E-state index contributed by atoms with van der Waals surface area (Å²) in [7, 11) is -4.76. The number of aliphatic hydroxyl groups is 1. The smallest absolute Gasteiger partial charge is 0.462 e. The van der Waals surface area contributed by atoms with Crippen molar-refractivity contribution in [1.29, 1.82) is 0 Å². The molecule has 2 N–H and O–H groups in total. The van der Waals surface area contributed by atoms with E-state index in [9.17, 15) is 28.9 Å². The maximum Gasteiger partial charge on any atom is 0.472 e. The lowest BCUT2D eigenvalue weighted by molar-refractivity contribution is -0.161. The Bertz CT molecular complexity index is 1620. The second-order valence-electron chi connectivity index (χ2n) is 21.9. The van der Waals surface area contributed by atoms with Crippen molar-refractivity contribution in [3.63, 3.8) is 0 Å². The molecule has 12 heteroatoms. The van der Waals surface area contributed by atoms with E-state index < -0.39 is 57.8 Å². The monoisotopic (exact) mass is 1140 g/mol. The molecule has 0 radical (unpaired) electrons. The predicted octanol–water partition coefficient (Wildman–Crippen LogP) is 20.0. The van der Waals surface area contributed by atoms with E-state index in [0.29, 0.717) is 19.3 Å². The van der Waals surface area contributed by atoms with Crippen molar-refractivity contribution in [3.8, 4) is 0 Å². The third-order valence-corrected chi connectivity index (χ3v) is 15.0. The van der Waals surface area contributed by atoms with Gasteiger partial charge in [0, 0.05) is 19.3 Å². The van der Waals surface area contributed by atoms with Gasteiger partial charge in [-0.15, -0.1) is 0 Å². The number of esters is 3. The van der Waals surface area contributed by atoms with Crippen molar-refractivity contribution >= 4 is 25.7 Å². The van der Waals surface area contributed by atoms with Crippen LogP contribution in [0.3, 0.4) is 0 Å². The van der Waals surface area contributed by atoms with E-state index in [1.807, 2.05) is 0 Å². The van der Waals surface area contributed by atoms with Gasteiger partial charge in [0.05, 0.1) is 19.8 Å². The largest absolute Gasteiger partial charge is 0.472 e. The Morgan fingerprint density at radius 2 is 0.613 bits per heavy atom. The van der Waals surface area contributed by atoms with E-state index in [-0.39, 0.29) is 25.9 Å². The summed E-state index contributed by atoms with van der Waals surface area (Å²) in [5.41, 5.74) is 0. The summed E-state index contributed by atoms with van der Waals surface area (Å²) in [6, 6.07) is 0. The minimum atomic E-state index is -4.76. The van der Waals surface area contributed by atoms with Crippen LogP contribution in [0.25, 0.3) is 0 Å². The fourth-order valence-corrected chi connectivity index (χ4v) is 9.82. The summed E-state index contributed by atoms with van der Waals surface area (Å²) in [5, 5.41) is 9.85. The Hall–Kier alpha value is -3.08. The molecule has 0 rings (SSSR count). The lowest BCUT2D eigenvalue weighted by Gasteiger charge is -2.21. The second-order valence-corrected chi connectivity index (χ2v) is 23.4. The van der Waals surface area contributed by atoms with Gasteiger partial charge in [-0.2, -0.15) is 0 Å². The molecule has 0 heterocycles. The highest BCUT2D eigenvalue weighted by molar-refractivity contribution is 7.47. The molecule has 0 saturated carbocycles. The molecule has 0 aromatic rings. The van der Waals surface area contributed by atoms with Gasteiger partial charge >= 0.3 is 25.7 Å². The van der Waals surface area contributed by atoms with Crippen LogP contribution in [0.2, 0.25) is 0 Å². The SMILES string of the molecule is CCCCC/C=C\C/C=C\C/C=C\CCCCCCCCC(=O)OCC(COP(=O)(O)OCC(CO)OC(=O)CCCCCCC/C=C\C/C=C\CCCCC)OC(=O)CCCCCCCCCCC/C=C\CCCCCCCC.